The second-order valence-corrected chi connectivity index (χ2v) is 5.94. The van der Waals surface area contributed by atoms with E-state index < -0.39 is 12.1 Å². The largest absolute Gasteiger partial charge is 0.463 e. The molecule has 0 bridgehead atoms. The minimum Gasteiger partial charge on any atom is -0.463 e. The molecular formula is C17H20N2O5. The van der Waals surface area contributed by atoms with Crippen LogP contribution >= 0.6 is 0 Å². The maximum atomic E-state index is 12.2. The second kappa shape index (κ2) is 7.33. The number of carbonyl (C=O) groups is 3. The number of urea groups is 1. The summed E-state index contributed by atoms with van der Waals surface area (Å²) in [5.74, 6) is -1.12. The van der Waals surface area contributed by atoms with Gasteiger partial charge < -0.3 is 19.7 Å². The number of cyclic esters (lactones) is 1. The maximum Gasteiger partial charge on any atom is 0.347 e. The lowest BCUT2D eigenvalue weighted by molar-refractivity contribution is -0.164. The zero-order chi connectivity index (χ0) is 16.9. The van der Waals surface area contributed by atoms with E-state index in [1.807, 2.05) is 30.3 Å². The highest BCUT2D eigenvalue weighted by molar-refractivity contribution is 5.89. The van der Waals surface area contributed by atoms with Crippen LogP contribution in [-0.2, 0) is 19.1 Å². The van der Waals surface area contributed by atoms with Crippen LogP contribution in [0.15, 0.2) is 30.3 Å². The predicted molar refractivity (Wildman–Crippen MR) is 85.2 cm³/mol. The molecule has 0 aromatic heterocycles. The molecule has 1 N–H and O–H groups in total. The third-order valence-corrected chi connectivity index (χ3v) is 4.29. The normalized spacial score (nSPS) is 21.2. The molecule has 3 rings (SSSR count). The van der Waals surface area contributed by atoms with Crippen molar-refractivity contribution in [3.05, 3.63) is 30.3 Å². The SMILES string of the molecule is O=C(O[C@H]1CCOC1=O)C1CCN(C(=O)Nc2ccccc2)CC1. The standard InChI is InChI=1S/C17H20N2O5/c20-15(24-14-8-11-23-16(14)21)12-6-9-19(10-7-12)17(22)18-13-4-2-1-3-5-13/h1-5,12,14H,6-11H2,(H,18,22)/t14-/m0/s1. The van der Waals surface area contributed by atoms with Gasteiger partial charge in [-0.1, -0.05) is 18.2 Å². The number of piperidine rings is 1. The minimum atomic E-state index is -0.767. The molecule has 2 aliphatic rings. The molecule has 1 atom stereocenters. The van der Waals surface area contributed by atoms with E-state index >= 15 is 0 Å². The number of para-hydroxylation sites is 1. The van der Waals surface area contributed by atoms with Crippen LogP contribution in [-0.4, -0.2) is 48.7 Å². The number of rotatable bonds is 3. The zero-order valence-corrected chi connectivity index (χ0v) is 13.3. The van der Waals surface area contributed by atoms with Crippen molar-refractivity contribution in [2.75, 3.05) is 25.0 Å². The molecule has 0 aliphatic carbocycles. The first kappa shape index (κ1) is 16.3. The van der Waals surface area contributed by atoms with Crippen LogP contribution in [0.25, 0.3) is 0 Å². The number of nitrogens with one attached hydrogen (secondary N) is 1. The van der Waals surface area contributed by atoms with Crippen LogP contribution in [0.5, 0.6) is 0 Å². The van der Waals surface area contributed by atoms with Gasteiger partial charge in [0.25, 0.3) is 0 Å². The summed E-state index contributed by atoms with van der Waals surface area (Å²) in [5.41, 5.74) is 0.740. The number of esters is 2. The zero-order valence-electron chi connectivity index (χ0n) is 13.3. The number of benzene rings is 1. The molecule has 2 saturated heterocycles. The van der Waals surface area contributed by atoms with Crippen LogP contribution in [0.3, 0.4) is 0 Å². The number of anilines is 1. The number of hydrogen-bond acceptors (Lipinski definition) is 5. The van der Waals surface area contributed by atoms with Gasteiger partial charge in [-0.15, -0.1) is 0 Å². The van der Waals surface area contributed by atoms with E-state index in [-0.39, 0.29) is 17.9 Å². The van der Waals surface area contributed by atoms with Gasteiger partial charge in [0.15, 0.2) is 0 Å². The molecule has 0 spiro atoms. The molecule has 128 valence electrons. The van der Waals surface area contributed by atoms with Gasteiger partial charge in [0.2, 0.25) is 6.10 Å². The van der Waals surface area contributed by atoms with E-state index in [0.29, 0.717) is 39.0 Å². The summed E-state index contributed by atoms with van der Waals surface area (Å²) in [6.07, 6.45) is 0.714. The van der Waals surface area contributed by atoms with Gasteiger partial charge in [-0.2, -0.15) is 0 Å². The van der Waals surface area contributed by atoms with E-state index in [9.17, 15) is 14.4 Å². The Bertz CT molecular complexity index is 611. The lowest BCUT2D eigenvalue weighted by Gasteiger charge is -2.31. The van der Waals surface area contributed by atoms with Gasteiger partial charge >= 0.3 is 18.0 Å². The van der Waals surface area contributed by atoms with Crippen molar-refractivity contribution >= 4 is 23.7 Å². The quantitative estimate of drug-likeness (QED) is 0.853. The van der Waals surface area contributed by atoms with Crippen LogP contribution < -0.4 is 5.32 Å². The Labute approximate surface area is 139 Å². The van der Waals surface area contributed by atoms with Gasteiger partial charge in [0.1, 0.15) is 0 Å². The van der Waals surface area contributed by atoms with E-state index in [1.54, 1.807) is 4.90 Å². The minimum absolute atomic E-state index is 0.174. The van der Waals surface area contributed by atoms with Gasteiger partial charge in [-0.3, -0.25) is 4.79 Å². The Morgan fingerprint density at radius 1 is 1.12 bits per heavy atom. The molecule has 24 heavy (non-hydrogen) atoms. The van der Waals surface area contributed by atoms with Crippen molar-refractivity contribution in [2.45, 2.75) is 25.4 Å². The molecule has 2 fully saturated rings. The number of likely N-dealkylation sites (tertiary alicyclic amines) is 1. The highest BCUT2D eigenvalue weighted by Gasteiger charge is 2.34. The number of nitrogens with zero attached hydrogens (tertiary/aromatic N) is 1. The Morgan fingerprint density at radius 2 is 1.83 bits per heavy atom. The summed E-state index contributed by atoms with van der Waals surface area (Å²) in [7, 11) is 0. The predicted octanol–water partition coefficient (Wildman–Crippen LogP) is 1.79. The fraction of sp³-hybridized carbons (Fsp3) is 0.471. The molecule has 0 unspecified atom stereocenters. The molecule has 2 heterocycles. The summed E-state index contributed by atoms with van der Waals surface area (Å²) in [5, 5.41) is 2.83. The molecule has 0 radical (unpaired) electrons. The molecule has 0 saturated carbocycles. The van der Waals surface area contributed by atoms with Gasteiger partial charge in [-0.05, 0) is 25.0 Å². The third kappa shape index (κ3) is 3.84. The van der Waals surface area contributed by atoms with Crippen LogP contribution in [0.2, 0.25) is 0 Å². The van der Waals surface area contributed by atoms with Crippen molar-refractivity contribution in [3.8, 4) is 0 Å². The van der Waals surface area contributed by atoms with Crippen molar-refractivity contribution in [3.63, 3.8) is 0 Å². The maximum absolute atomic E-state index is 12.2. The van der Waals surface area contributed by atoms with Crippen LogP contribution in [0.4, 0.5) is 10.5 Å². The number of carbonyl (C=O) groups excluding carboxylic acids is 3. The average Bonchev–Trinajstić information content (AvgIpc) is 3.00. The Kier molecular flexibility index (Phi) is 4.98. The molecule has 7 nitrogen and oxygen atoms in total. The first-order chi connectivity index (χ1) is 11.6. The third-order valence-electron chi connectivity index (χ3n) is 4.29. The molecular weight excluding hydrogens is 312 g/mol. The number of amides is 2. The molecule has 2 amide bonds. The number of ether oxygens (including phenoxy) is 2. The first-order valence-corrected chi connectivity index (χ1v) is 8.11. The Morgan fingerprint density at radius 3 is 2.46 bits per heavy atom. The second-order valence-electron chi connectivity index (χ2n) is 5.94. The average molecular weight is 332 g/mol. The highest BCUT2D eigenvalue weighted by atomic mass is 16.6. The van der Waals surface area contributed by atoms with Gasteiger partial charge in [0, 0.05) is 25.2 Å². The van der Waals surface area contributed by atoms with Crippen molar-refractivity contribution in [1.82, 2.24) is 4.90 Å². The van der Waals surface area contributed by atoms with E-state index in [4.69, 9.17) is 9.47 Å². The summed E-state index contributed by atoms with van der Waals surface area (Å²) in [4.78, 5) is 37.3. The smallest absolute Gasteiger partial charge is 0.347 e. The lowest BCUT2D eigenvalue weighted by atomic mass is 9.97. The highest BCUT2D eigenvalue weighted by Crippen LogP contribution is 2.22. The van der Waals surface area contributed by atoms with Crippen LogP contribution in [0, 0.1) is 5.92 Å². The summed E-state index contributed by atoms with van der Waals surface area (Å²) in [6, 6.07) is 9.06. The summed E-state index contributed by atoms with van der Waals surface area (Å²) >= 11 is 0. The Balaban J connectivity index is 1.46. The molecule has 1 aromatic rings. The monoisotopic (exact) mass is 332 g/mol. The van der Waals surface area contributed by atoms with E-state index in [2.05, 4.69) is 5.32 Å². The van der Waals surface area contributed by atoms with Gasteiger partial charge in [-0.25, -0.2) is 9.59 Å². The number of hydrogen-bond donors (Lipinski definition) is 1. The van der Waals surface area contributed by atoms with Crippen molar-refractivity contribution in [1.29, 1.82) is 0 Å². The molecule has 2 aliphatic heterocycles. The van der Waals surface area contributed by atoms with E-state index in [0.717, 1.165) is 5.69 Å². The van der Waals surface area contributed by atoms with E-state index in [1.165, 1.54) is 0 Å². The van der Waals surface area contributed by atoms with Crippen molar-refractivity contribution in [2.24, 2.45) is 5.92 Å². The first-order valence-electron chi connectivity index (χ1n) is 8.11. The molecule has 7 heteroatoms. The van der Waals surface area contributed by atoms with Gasteiger partial charge in [0.05, 0.1) is 12.5 Å². The van der Waals surface area contributed by atoms with Crippen LogP contribution in [0.1, 0.15) is 19.3 Å². The molecule has 1 aromatic carbocycles. The van der Waals surface area contributed by atoms with Crippen molar-refractivity contribution < 1.29 is 23.9 Å². The Hall–Kier alpha value is -2.57. The fourth-order valence-electron chi connectivity index (χ4n) is 2.86. The fourth-order valence-corrected chi connectivity index (χ4v) is 2.86. The summed E-state index contributed by atoms with van der Waals surface area (Å²) < 4.78 is 10.0. The lowest BCUT2D eigenvalue weighted by Crippen LogP contribution is -2.43. The topological polar surface area (TPSA) is 84.9 Å². The summed E-state index contributed by atoms with van der Waals surface area (Å²) in [6.45, 7) is 1.26.